The third-order valence-corrected chi connectivity index (χ3v) is 10.1. The standard InChI is InChI=1S/C9H15GeNOS/c1-7(11-12)8-5-6-9(13-8)10(2,3)4/h5-6,12H,1-4H3/b11-7+. The molecule has 1 aromatic rings. The summed E-state index contributed by atoms with van der Waals surface area (Å²) in [6, 6.07) is 4.22. The van der Waals surface area contributed by atoms with Crippen molar-refractivity contribution in [3.8, 4) is 0 Å². The van der Waals surface area contributed by atoms with Gasteiger partial charge >= 0.3 is 85.6 Å². The first-order valence-electron chi connectivity index (χ1n) is 4.24. The van der Waals surface area contributed by atoms with Crippen LogP contribution in [0.5, 0.6) is 0 Å². The Morgan fingerprint density at radius 3 is 2.38 bits per heavy atom. The van der Waals surface area contributed by atoms with Crippen molar-refractivity contribution in [1.29, 1.82) is 0 Å². The molecule has 0 fully saturated rings. The molecule has 4 heteroatoms. The Morgan fingerprint density at radius 1 is 1.38 bits per heavy atom. The van der Waals surface area contributed by atoms with Crippen molar-refractivity contribution in [2.45, 2.75) is 24.2 Å². The van der Waals surface area contributed by atoms with E-state index >= 15 is 0 Å². The molecule has 1 heterocycles. The Balaban J connectivity index is 3.00. The molecule has 13 heavy (non-hydrogen) atoms. The van der Waals surface area contributed by atoms with E-state index in [-0.39, 0.29) is 0 Å². The summed E-state index contributed by atoms with van der Waals surface area (Å²) in [4.78, 5) is 1.08. The first-order valence-corrected chi connectivity index (χ1v) is 12.4. The molecule has 0 aliphatic carbocycles. The number of rotatable bonds is 2. The molecule has 0 saturated heterocycles. The van der Waals surface area contributed by atoms with Gasteiger partial charge in [-0.15, -0.1) is 0 Å². The van der Waals surface area contributed by atoms with Crippen LogP contribution in [0.2, 0.25) is 17.3 Å². The van der Waals surface area contributed by atoms with E-state index in [0.29, 0.717) is 5.71 Å². The van der Waals surface area contributed by atoms with Crippen LogP contribution in [-0.2, 0) is 0 Å². The van der Waals surface area contributed by atoms with Gasteiger partial charge in [0.05, 0.1) is 0 Å². The predicted molar refractivity (Wildman–Crippen MR) is 61.3 cm³/mol. The monoisotopic (exact) mass is 259 g/mol. The molecule has 1 aromatic heterocycles. The Hall–Kier alpha value is -0.287. The quantitative estimate of drug-likeness (QED) is 0.376. The van der Waals surface area contributed by atoms with Gasteiger partial charge in [0.15, 0.2) is 0 Å². The molecule has 0 saturated carbocycles. The van der Waals surface area contributed by atoms with Gasteiger partial charge in [0, 0.05) is 0 Å². The number of nitrogens with zero attached hydrogens (tertiary/aromatic N) is 1. The first-order chi connectivity index (χ1) is 5.95. The second-order valence-corrected chi connectivity index (χ2v) is 16.5. The van der Waals surface area contributed by atoms with Gasteiger partial charge in [-0.1, -0.05) is 0 Å². The molecule has 0 unspecified atom stereocenters. The minimum atomic E-state index is -1.67. The van der Waals surface area contributed by atoms with Crippen molar-refractivity contribution in [2.24, 2.45) is 5.16 Å². The maximum atomic E-state index is 8.61. The van der Waals surface area contributed by atoms with E-state index in [1.807, 2.05) is 13.0 Å². The summed E-state index contributed by atoms with van der Waals surface area (Å²) in [7, 11) is 0. The molecule has 0 aliphatic heterocycles. The van der Waals surface area contributed by atoms with Gasteiger partial charge in [-0.05, 0) is 0 Å². The average Bonchev–Trinajstić information content (AvgIpc) is 2.50. The fourth-order valence-corrected chi connectivity index (χ4v) is 5.83. The molecule has 1 N–H and O–H groups in total. The van der Waals surface area contributed by atoms with E-state index in [4.69, 9.17) is 5.21 Å². The van der Waals surface area contributed by atoms with Gasteiger partial charge in [-0.25, -0.2) is 0 Å². The summed E-state index contributed by atoms with van der Waals surface area (Å²) in [6.45, 7) is 1.82. The van der Waals surface area contributed by atoms with Crippen LogP contribution < -0.4 is 3.71 Å². The second kappa shape index (κ2) is 3.84. The molecular weight excluding hydrogens is 243 g/mol. The predicted octanol–water partition coefficient (Wildman–Crippen LogP) is 2.49. The van der Waals surface area contributed by atoms with Crippen LogP contribution in [0.1, 0.15) is 11.8 Å². The van der Waals surface area contributed by atoms with Crippen LogP contribution in [0, 0.1) is 0 Å². The summed E-state index contributed by atoms with van der Waals surface area (Å²) in [5, 5.41) is 11.8. The van der Waals surface area contributed by atoms with Crippen LogP contribution in [0.3, 0.4) is 0 Å². The summed E-state index contributed by atoms with van der Waals surface area (Å²) in [5.74, 6) is 7.09. The molecule has 0 radical (unpaired) electrons. The van der Waals surface area contributed by atoms with E-state index in [1.54, 1.807) is 11.3 Å². The van der Waals surface area contributed by atoms with Gasteiger partial charge in [0.2, 0.25) is 0 Å². The SMILES string of the molecule is C/C(=N\O)c1cc[c]([Ge]([CH3])([CH3])[CH3])s1. The molecule has 2 nitrogen and oxygen atoms in total. The zero-order valence-electron chi connectivity index (χ0n) is 8.46. The third kappa shape index (κ3) is 2.58. The van der Waals surface area contributed by atoms with E-state index in [1.165, 1.54) is 3.71 Å². The van der Waals surface area contributed by atoms with Crippen molar-refractivity contribution in [3.63, 3.8) is 0 Å². The topological polar surface area (TPSA) is 32.6 Å². The van der Waals surface area contributed by atoms with E-state index in [0.717, 1.165) is 4.88 Å². The third-order valence-electron chi connectivity index (χ3n) is 1.85. The number of hydrogen-bond donors (Lipinski definition) is 1. The summed E-state index contributed by atoms with van der Waals surface area (Å²) < 4.78 is 1.50. The van der Waals surface area contributed by atoms with E-state index in [9.17, 15) is 0 Å². The van der Waals surface area contributed by atoms with Crippen LogP contribution in [0.15, 0.2) is 17.3 Å². The molecule has 0 aromatic carbocycles. The Labute approximate surface area is 85.6 Å². The Morgan fingerprint density at radius 2 is 2.00 bits per heavy atom. The van der Waals surface area contributed by atoms with Crippen LogP contribution >= 0.6 is 11.3 Å². The van der Waals surface area contributed by atoms with Crippen LogP contribution in [0.4, 0.5) is 0 Å². The molecule has 1 rings (SSSR count). The summed E-state index contributed by atoms with van der Waals surface area (Å²) in [6.07, 6.45) is 0. The second-order valence-electron chi connectivity index (χ2n) is 4.10. The Bertz CT molecular complexity index is 325. The Kier molecular flexibility index (Phi) is 3.19. The molecule has 0 aliphatic rings. The van der Waals surface area contributed by atoms with Gasteiger partial charge in [-0.3, -0.25) is 0 Å². The van der Waals surface area contributed by atoms with Crippen molar-refractivity contribution in [1.82, 2.24) is 0 Å². The van der Waals surface area contributed by atoms with Gasteiger partial charge < -0.3 is 0 Å². The number of thiophene rings is 1. The maximum absolute atomic E-state index is 8.61. The summed E-state index contributed by atoms with van der Waals surface area (Å²) >= 11 is 0.0969. The van der Waals surface area contributed by atoms with Crippen molar-refractivity contribution in [2.75, 3.05) is 0 Å². The van der Waals surface area contributed by atoms with Crippen molar-refractivity contribution < 1.29 is 5.21 Å². The fourth-order valence-electron chi connectivity index (χ4n) is 0.985. The van der Waals surface area contributed by atoms with Crippen LogP contribution in [0.25, 0.3) is 0 Å². The number of oxime groups is 1. The van der Waals surface area contributed by atoms with E-state index in [2.05, 4.69) is 28.5 Å². The van der Waals surface area contributed by atoms with Gasteiger partial charge in [0.1, 0.15) is 0 Å². The minimum absolute atomic E-state index is 0.711. The normalized spacial score (nSPS) is 13.4. The number of hydrogen-bond acceptors (Lipinski definition) is 3. The van der Waals surface area contributed by atoms with Crippen LogP contribution in [-0.4, -0.2) is 24.2 Å². The molecule has 0 amide bonds. The zero-order valence-corrected chi connectivity index (χ0v) is 11.4. The zero-order chi connectivity index (χ0) is 10.1. The van der Waals surface area contributed by atoms with E-state index < -0.39 is 13.3 Å². The molecule has 72 valence electrons. The fraction of sp³-hybridized carbons (Fsp3) is 0.444. The molecular formula is C9H15GeNOS. The van der Waals surface area contributed by atoms with Crippen molar-refractivity contribution >= 4 is 34.0 Å². The molecule has 0 atom stereocenters. The van der Waals surface area contributed by atoms with Gasteiger partial charge in [-0.2, -0.15) is 0 Å². The van der Waals surface area contributed by atoms with Crippen molar-refractivity contribution in [3.05, 3.63) is 17.0 Å². The summed E-state index contributed by atoms with van der Waals surface area (Å²) in [5.41, 5.74) is 0.711. The average molecular weight is 258 g/mol. The van der Waals surface area contributed by atoms with Gasteiger partial charge in [0.25, 0.3) is 0 Å². The first kappa shape index (κ1) is 10.8. The molecule has 0 spiro atoms. The molecule has 0 bridgehead atoms.